The molecule has 1 aromatic rings. The minimum atomic E-state index is -1.37. The van der Waals surface area contributed by atoms with Crippen LogP contribution < -0.4 is 10.2 Å². The maximum atomic E-state index is 14.0. The van der Waals surface area contributed by atoms with E-state index in [0.717, 1.165) is 31.9 Å². The first kappa shape index (κ1) is 13.7. The fourth-order valence-corrected chi connectivity index (χ4v) is 3.48. The van der Waals surface area contributed by atoms with Crippen molar-refractivity contribution in [1.29, 1.82) is 0 Å². The zero-order chi connectivity index (χ0) is 14.2. The number of hydrogen-bond donors (Lipinski definition) is 1. The summed E-state index contributed by atoms with van der Waals surface area (Å²) < 4.78 is 40.5. The zero-order valence-electron chi connectivity index (χ0n) is 11.4. The van der Waals surface area contributed by atoms with Gasteiger partial charge in [-0.1, -0.05) is 12.8 Å². The minimum absolute atomic E-state index is 0.00774. The predicted molar refractivity (Wildman–Crippen MR) is 72.3 cm³/mol. The first-order chi connectivity index (χ1) is 9.61. The molecule has 2 aliphatic rings. The highest BCUT2D eigenvalue weighted by Crippen LogP contribution is 2.34. The molecular formula is C15H19F3N2. The molecule has 1 heterocycles. The van der Waals surface area contributed by atoms with E-state index in [1.165, 1.54) is 18.9 Å². The number of rotatable bonds is 1. The van der Waals surface area contributed by atoms with Gasteiger partial charge < -0.3 is 10.2 Å². The van der Waals surface area contributed by atoms with Gasteiger partial charge in [0.15, 0.2) is 17.5 Å². The van der Waals surface area contributed by atoms with Gasteiger partial charge >= 0.3 is 0 Å². The van der Waals surface area contributed by atoms with Gasteiger partial charge in [-0.2, -0.15) is 0 Å². The number of benzene rings is 1. The summed E-state index contributed by atoms with van der Waals surface area (Å²) in [6.45, 7) is 2.22. The van der Waals surface area contributed by atoms with Crippen LogP contribution in [0, 0.1) is 17.5 Å². The van der Waals surface area contributed by atoms with Crippen molar-refractivity contribution < 1.29 is 13.2 Å². The average Bonchev–Trinajstić information content (AvgIpc) is 2.78. The molecule has 0 amide bonds. The number of nitrogens with zero attached hydrogens (tertiary/aromatic N) is 1. The van der Waals surface area contributed by atoms with Crippen LogP contribution in [0.2, 0.25) is 0 Å². The summed E-state index contributed by atoms with van der Waals surface area (Å²) in [6, 6.07) is 2.36. The third kappa shape index (κ3) is 2.39. The summed E-state index contributed by atoms with van der Waals surface area (Å²) in [5.41, 5.74) is 0.187. The van der Waals surface area contributed by atoms with Crippen LogP contribution in [0.4, 0.5) is 18.9 Å². The number of anilines is 1. The first-order valence-electron chi connectivity index (χ1n) is 7.25. The van der Waals surface area contributed by atoms with Crippen molar-refractivity contribution in [3.05, 3.63) is 29.6 Å². The second-order valence-corrected chi connectivity index (χ2v) is 5.88. The van der Waals surface area contributed by atoms with Crippen LogP contribution in [0.5, 0.6) is 0 Å². The van der Waals surface area contributed by atoms with Crippen LogP contribution >= 0.6 is 0 Å². The molecule has 110 valence electrons. The molecule has 1 saturated carbocycles. The van der Waals surface area contributed by atoms with Crippen molar-refractivity contribution in [2.75, 3.05) is 24.5 Å². The Morgan fingerprint density at radius 3 is 2.50 bits per heavy atom. The normalized spacial score (nSPS) is 22.2. The lowest BCUT2D eigenvalue weighted by atomic mass is 9.97. The number of hydrogen-bond acceptors (Lipinski definition) is 2. The molecular weight excluding hydrogens is 265 g/mol. The fraction of sp³-hybridized carbons (Fsp3) is 0.600. The molecule has 1 aliphatic carbocycles. The van der Waals surface area contributed by atoms with Gasteiger partial charge in [-0.05, 0) is 37.9 Å². The molecule has 1 spiro atoms. The van der Waals surface area contributed by atoms with Gasteiger partial charge in [0.05, 0.1) is 5.69 Å². The monoisotopic (exact) mass is 284 g/mol. The van der Waals surface area contributed by atoms with Gasteiger partial charge in [-0.3, -0.25) is 0 Å². The van der Waals surface area contributed by atoms with E-state index in [1.807, 2.05) is 4.90 Å². The van der Waals surface area contributed by atoms with E-state index in [4.69, 9.17) is 0 Å². The lowest BCUT2D eigenvalue weighted by Gasteiger charge is -2.34. The lowest BCUT2D eigenvalue weighted by molar-refractivity contribution is 0.353. The van der Waals surface area contributed by atoms with Crippen LogP contribution in [0.1, 0.15) is 32.1 Å². The molecule has 0 unspecified atom stereocenters. The van der Waals surface area contributed by atoms with Gasteiger partial charge in [0.1, 0.15) is 0 Å². The molecule has 2 fully saturated rings. The second-order valence-electron chi connectivity index (χ2n) is 5.88. The van der Waals surface area contributed by atoms with E-state index in [0.29, 0.717) is 13.1 Å². The Labute approximate surface area is 117 Å². The number of halogens is 3. The van der Waals surface area contributed by atoms with Crippen LogP contribution in [0.3, 0.4) is 0 Å². The molecule has 1 aliphatic heterocycles. The fourth-order valence-electron chi connectivity index (χ4n) is 3.48. The summed E-state index contributed by atoms with van der Waals surface area (Å²) in [6.07, 6.45) is 5.34. The SMILES string of the molecule is Fc1ccc(N2CCCNC3(CCCC3)C2)c(F)c1F. The van der Waals surface area contributed by atoms with E-state index in [2.05, 4.69) is 5.32 Å². The largest absolute Gasteiger partial charge is 0.367 e. The summed E-state index contributed by atoms with van der Waals surface area (Å²) in [5, 5.41) is 3.57. The molecule has 1 aromatic carbocycles. The molecule has 0 bridgehead atoms. The molecule has 0 atom stereocenters. The molecule has 1 N–H and O–H groups in total. The standard InChI is InChI=1S/C15H19F3N2/c16-11-4-5-12(14(18)13(11)17)20-9-3-8-19-15(10-20)6-1-2-7-15/h4-5,19H,1-3,6-10H2. The Morgan fingerprint density at radius 2 is 1.75 bits per heavy atom. The highest BCUT2D eigenvalue weighted by Gasteiger charge is 2.37. The topological polar surface area (TPSA) is 15.3 Å². The predicted octanol–water partition coefficient (Wildman–Crippen LogP) is 3.22. The summed E-state index contributed by atoms with van der Waals surface area (Å²) >= 11 is 0. The average molecular weight is 284 g/mol. The highest BCUT2D eigenvalue weighted by atomic mass is 19.2. The molecule has 0 radical (unpaired) electrons. The van der Waals surface area contributed by atoms with Crippen LogP contribution in [0.15, 0.2) is 12.1 Å². The van der Waals surface area contributed by atoms with Crippen molar-refractivity contribution in [3.63, 3.8) is 0 Å². The van der Waals surface area contributed by atoms with Crippen LogP contribution in [-0.2, 0) is 0 Å². The van der Waals surface area contributed by atoms with Crippen molar-refractivity contribution in [3.8, 4) is 0 Å². The lowest BCUT2D eigenvalue weighted by Crippen LogP contribution is -2.49. The van der Waals surface area contributed by atoms with E-state index >= 15 is 0 Å². The Kier molecular flexibility index (Phi) is 3.63. The second kappa shape index (κ2) is 5.28. The van der Waals surface area contributed by atoms with E-state index in [1.54, 1.807) is 0 Å². The Morgan fingerprint density at radius 1 is 1.00 bits per heavy atom. The first-order valence-corrected chi connectivity index (χ1v) is 7.25. The Bertz CT molecular complexity index is 498. The molecule has 1 saturated heterocycles. The summed E-state index contributed by atoms with van der Waals surface area (Å²) in [4.78, 5) is 1.86. The van der Waals surface area contributed by atoms with Gasteiger partial charge in [0, 0.05) is 18.6 Å². The van der Waals surface area contributed by atoms with Crippen molar-refractivity contribution >= 4 is 5.69 Å². The minimum Gasteiger partial charge on any atom is -0.367 e. The maximum Gasteiger partial charge on any atom is 0.196 e. The molecule has 2 nitrogen and oxygen atoms in total. The molecule has 3 rings (SSSR count). The number of nitrogens with one attached hydrogen (secondary N) is 1. The summed E-state index contributed by atoms with van der Waals surface area (Å²) in [7, 11) is 0. The maximum absolute atomic E-state index is 14.0. The third-order valence-electron chi connectivity index (χ3n) is 4.51. The van der Waals surface area contributed by atoms with Crippen molar-refractivity contribution in [2.45, 2.75) is 37.6 Å². The van der Waals surface area contributed by atoms with Gasteiger partial charge in [-0.15, -0.1) is 0 Å². The van der Waals surface area contributed by atoms with Crippen molar-refractivity contribution in [1.82, 2.24) is 5.32 Å². The van der Waals surface area contributed by atoms with Crippen LogP contribution in [-0.4, -0.2) is 25.2 Å². The van der Waals surface area contributed by atoms with E-state index in [9.17, 15) is 13.2 Å². The molecule has 5 heteroatoms. The van der Waals surface area contributed by atoms with Gasteiger partial charge in [0.25, 0.3) is 0 Å². The zero-order valence-corrected chi connectivity index (χ0v) is 11.4. The summed E-state index contributed by atoms with van der Waals surface area (Å²) in [5.74, 6) is -3.57. The third-order valence-corrected chi connectivity index (χ3v) is 4.51. The molecule has 20 heavy (non-hydrogen) atoms. The Hall–Kier alpha value is -1.23. The smallest absolute Gasteiger partial charge is 0.196 e. The van der Waals surface area contributed by atoms with E-state index in [-0.39, 0.29) is 11.2 Å². The van der Waals surface area contributed by atoms with Gasteiger partial charge in [-0.25, -0.2) is 13.2 Å². The van der Waals surface area contributed by atoms with Crippen molar-refractivity contribution in [2.24, 2.45) is 0 Å². The van der Waals surface area contributed by atoms with E-state index < -0.39 is 17.5 Å². The van der Waals surface area contributed by atoms with Gasteiger partial charge in [0.2, 0.25) is 0 Å². The Balaban J connectivity index is 1.90. The highest BCUT2D eigenvalue weighted by molar-refractivity contribution is 5.49. The quantitative estimate of drug-likeness (QED) is 0.797. The molecule has 0 aromatic heterocycles. The van der Waals surface area contributed by atoms with Crippen LogP contribution in [0.25, 0.3) is 0 Å².